The molecule has 0 unspecified atom stereocenters. The molecule has 1 rings (SSSR count). The number of halogens is 1. The standard InChI is InChI=1S/C14H16FNO6/c1-3-21-13(17)10(14(18)22-4-2)7-9-5-6-12(16(19)20)11(15)8-9/h5-6,8,10H,3-4,7H2,1-2H3. The van der Waals surface area contributed by atoms with Crippen LogP contribution in [0, 0.1) is 21.8 Å². The first-order valence-electron chi connectivity index (χ1n) is 6.66. The van der Waals surface area contributed by atoms with Crippen molar-refractivity contribution in [3.05, 3.63) is 39.7 Å². The normalized spacial score (nSPS) is 10.4. The minimum Gasteiger partial charge on any atom is -0.465 e. The molecule has 0 atom stereocenters. The summed E-state index contributed by atoms with van der Waals surface area (Å²) in [5, 5.41) is 10.6. The molecule has 0 amide bonds. The zero-order valence-corrected chi connectivity index (χ0v) is 12.2. The van der Waals surface area contributed by atoms with Gasteiger partial charge in [-0.15, -0.1) is 0 Å². The fourth-order valence-corrected chi connectivity index (χ4v) is 1.81. The molecule has 0 fully saturated rings. The van der Waals surface area contributed by atoms with E-state index in [1.807, 2.05) is 0 Å². The fourth-order valence-electron chi connectivity index (χ4n) is 1.81. The van der Waals surface area contributed by atoms with Crippen molar-refractivity contribution < 1.29 is 28.4 Å². The monoisotopic (exact) mass is 313 g/mol. The lowest BCUT2D eigenvalue weighted by Gasteiger charge is -2.14. The van der Waals surface area contributed by atoms with Gasteiger partial charge in [-0.1, -0.05) is 6.07 Å². The van der Waals surface area contributed by atoms with Crippen LogP contribution in [0.25, 0.3) is 0 Å². The number of hydrogen-bond donors (Lipinski definition) is 0. The summed E-state index contributed by atoms with van der Waals surface area (Å²) in [6, 6.07) is 3.19. The van der Waals surface area contributed by atoms with Gasteiger partial charge >= 0.3 is 17.6 Å². The highest BCUT2D eigenvalue weighted by Gasteiger charge is 2.30. The molecule has 0 radical (unpaired) electrons. The third kappa shape index (κ3) is 4.51. The molecule has 0 spiro atoms. The number of benzene rings is 1. The van der Waals surface area contributed by atoms with Crippen LogP contribution < -0.4 is 0 Å². The second-order valence-electron chi connectivity index (χ2n) is 4.30. The molecule has 0 aromatic heterocycles. The van der Waals surface area contributed by atoms with Crippen molar-refractivity contribution in [1.29, 1.82) is 0 Å². The Balaban J connectivity index is 2.98. The lowest BCUT2D eigenvalue weighted by molar-refractivity contribution is -0.387. The second-order valence-corrected chi connectivity index (χ2v) is 4.30. The maximum absolute atomic E-state index is 13.6. The van der Waals surface area contributed by atoms with Gasteiger partial charge in [0.15, 0.2) is 5.92 Å². The fraction of sp³-hybridized carbons (Fsp3) is 0.429. The van der Waals surface area contributed by atoms with Crippen molar-refractivity contribution in [2.45, 2.75) is 20.3 Å². The Kier molecular flexibility index (Phi) is 6.43. The zero-order valence-electron chi connectivity index (χ0n) is 12.2. The Labute approximate surface area is 126 Å². The van der Waals surface area contributed by atoms with Gasteiger partial charge in [-0.25, -0.2) is 0 Å². The van der Waals surface area contributed by atoms with E-state index in [1.54, 1.807) is 13.8 Å². The molecule has 120 valence electrons. The molecular weight excluding hydrogens is 297 g/mol. The number of nitro groups is 1. The number of nitrogens with zero attached hydrogens (tertiary/aromatic N) is 1. The summed E-state index contributed by atoms with van der Waals surface area (Å²) in [6.07, 6.45) is -0.160. The van der Waals surface area contributed by atoms with Crippen LogP contribution in [0.2, 0.25) is 0 Å². The summed E-state index contributed by atoms with van der Waals surface area (Å²) in [6.45, 7) is 3.35. The summed E-state index contributed by atoms with van der Waals surface area (Å²) < 4.78 is 23.2. The first-order valence-corrected chi connectivity index (χ1v) is 6.66. The maximum atomic E-state index is 13.6. The van der Waals surface area contributed by atoms with Gasteiger partial charge in [-0.3, -0.25) is 19.7 Å². The average Bonchev–Trinajstić information content (AvgIpc) is 2.44. The zero-order chi connectivity index (χ0) is 16.7. The molecule has 0 aliphatic heterocycles. The summed E-state index contributed by atoms with van der Waals surface area (Å²) in [5.41, 5.74) is -0.415. The smallest absolute Gasteiger partial charge is 0.320 e. The summed E-state index contributed by atoms with van der Waals surface area (Å²) >= 11 is 0. The topological polar surface area (TPSA) is 95.7 Å². The number of carbonyl (C=O) groups is 2. The Morgan fingerprint density at radius 2 is 1.77 bits per heavy atom. The van der Waals surface area contributed by atoms with Crippen LogP contribution in [-0.2, 0) is 25.5 Å². The van der Waals surface area contributed by atoms with Gasteiger partial charge in [-0.05, 0) is 31.9 Å². The van der Waals surface area contributed by atoms with Crippen LogP contribution in [0.3, 0.4) is 0 Å². The van der Waals surface area contributed by atoms with Crippen molar-refractivity contribution in [2.24, 2.45) is 5.92 Å². The van der Waals surface area contributed by atoms with E-state index in [9.17, 15) is 24.1 Å². The molecule has 0 saturated heterocycles. The van der Waals surface area contributed by atoms with E-state index in [0.29, 0.717) is 0 Å². The lowest BCUT2D eigenvalue weighted by atomic mass is 9.99. The van der Waals surface area contributed by atoms with Crippen molar-refractivity contribution in [3.8, 4) is 0 Å². The molecule has 8 heteroatoms. The van der Waals surface area contributed by atoms with E-state index in [-0.39, 0.29) is 25.2 Å². The minimum atomic E-state index is -1.24. The molecule has 0 N–H and O–H groups in total. The van der Waals surface area contributed by atoms with E-state index in [0.717, 1.165) is 12.1 Å². The van der Waals surface area contributed by atoms with E-state index in [2.05, 4.69) is 0 Å². The second kappa shape index (κ2) is 8.06. The number of esters is 2. The van der Waals surface area contributed by atoms with E-state index in [4.69, 9.17) is 9.47 Å². The van der Waals surface area contributed by atoms with Gasteiger partial charge in [0.1, 0.15) is 0 Å². The predicted molar refractivity (Wildman–Crippen MR) is 73.5 cm³/mol. The molecule has 0 saturated carbocycles. The SMILES string of the molecule is CCOC(=O)C(Cc1ccc([N+](=O)[O-])c(F)c1)C(=O)OCC. The van der Waals surface area contributed by atoms with Gasteiger partial charge in [0.25, 0.3) is 0 Å². The van der Waals surface area contributed by atoms with Crippen LogP contribution in [0.5, 0.6) is 0 Å². The molecule has 22 heavy (non-hydrogen) atoms. The molecule has 0 aliphatic carbocycles. The van der Waals surface area contributed by atoms with Crippen molar-refractivity contribution in [3.63, 3.8) is 0 Å². The van der Waals surface area contributed by atoms with Crippen LogP contribution in [-0.4, -0.2) is 30.1 Å². The molecule has 1 aromatic carbocycles. The largest absolute Gasteiger partial charge is 0.465 e. The highest BCUT2D eigenvalue weighted by molar-refractivity contribution is 5.95. The highest BCUT2D eigenvalue weighted by atomic mass is 19.1. The number of hydrogen-bond acceptors (Lipinski definition) is 6. The lowest BCUT2D eigenvalue weighted by Crippen LogP contribution is -2.30. The highest BCUT2D eigenvalue weighted by Crippen LogP contribution is 2.21. The third-order valence-electron chi connectivity index (χ3n) is 2.79. The van der Waals surface area contributed by atoms with Gasteiger partial charge in [0.2, 0.25) is 5.82 Å². The van der Waals surface area contributed by atoms with Crippen LogP contribution in [0.4, 0.5) is 10.1 Å². The van der Waals surface area contributed by atoms with Gasteiger partial charge in [0.05, 0.1) is 18.1 Å². The third-order valence-corrected chi connectivity index (χ3v) is 2.79. The van der Waals surface area contributed by atoms with Crippen LogP contribution >= 0.6 is 0 Å². The predicted octanol–water partition coefficient (Wildman–Crippen LogP) is 2.02. The van der Waals surface area contributed by atoms with Crippen molar-refractivity contribution in [1.82, 2.24) is 0 Å². The number of ether oxygens (including phenoxy) is 2. The Hall–Kier alpha value is -2.51. The number of carbonyl (C=O) groups excluding carboxylic acids is 2. The summed E-state index contributed by atoms with van der Waals surface area (Å²) in [5.74, 6) is -3.82. The molecule has 1 aromatic rings. The van der Waals surface area contributed by atoms with Crippen molar-refractivity contribution >= 4 is 17.6 Å². The minimum absolute atomic E-state index is 0.0867. The molecule has 7 nitrogen and oxygen atoms in total. The van der Waals surface area contributed by atoms with Crippen LogP contribution in [0.1, 0.15) is 19.4 Å². The Morgan fingerprint density at radius 3 is 2.18 bits per heavy atom. The molecule has 0 bridgehead atoms. The van der Waals surface area contributed by atoms with Crippen LogP contribution in [0.15, 0.2) is 18.2 Å². The summed E-state index contributed by atoms with van der Waals surface area (Å²) in [4.78, 5) is 33.3. The van der Waals surface area contributed by atoms with Gasteiger partial charge < -0.3 is 9.47 Å². The van der Waals surface area contributed by atoms with Gasteiger partial charge in [-0.2, -0.15) is 4.39 Å². The number of rotatable bonds is 7. The molecule has 0 heterocycles. The molecular formula is C14H16FNO6. The molecule has 0 aliphatic rings. The quantitative estimate of drug-likeness (QED) is 0.331. The van der Waals surface area contributed by atoms with E-state index < -0.39 is 34.3 Å². The van der Waals surface area contributed by atoms with Gasteiger partial charge in [0, 0.05) is 6.07 Å². The summed E-state index contributed by atoms with van der Waals surface area (Å²) in [7, 11) is 0. The van der Waals surface area contributed by atoms with E-state index >= 15 is 0 Å². The first-order chi connectivity index (χ1) is 10.4. The van der Waals surface area contributed by atoms with Crippen molar-refractivity contribution in [2.75, 3.05) is 13.2 Å². The average molecular weight is 313 g/mol. The maximum Gasteiger partial charge on any atom is 0.320 e. The first kappa shape index (κ1) is 17.5. The van der Waals surface area contributed by atoms with E-state index in [1.165, 1.54) is 6.07 Å². The Morgan fingerprint density at radius 1 is 1.23 bits per heavy atom. The number of nitro benzene ring substituents is 1. The Bertz CT molecular complexity index is 556.